The summed E-state index contributed by atoms with van der Waals surface area (Å²) in [6, 6.07) is 0.0881. The Morgan fingerprint density at radius 2 is 2.38 bits per heavy atom. The zero-order valence-corrected chi connectivity index (χ0v) is 9.55. The molecule has 94 valence electrons. The Bertz CT molecular complexity index is 222. The summed E-state index contributed by atoms with van der Waals surface area (Å²) in [6.07, 6.45) is 1.24. The van der Waals surface area contributed by atoms with Crippen molar-refractivity contribution in [3.05, 3.63) is 11.8 Å². The quantitative estimate of drug-likeness (QED) is 0.652. The molecule has 0 bridgehead atoms. The molecule has 0 fully saturated rings. The van der Waals surface area contributed by atoms with Gasteiger partial charge in [0.2, 0.25) is 0 Å². The smallest absolute Gasteiger partial charge is 0.261 e. The highest BCUT2D eigenvalue weighted by Gasteiger charge is 2.17. The Hall–Kier alpha value is -0.680. The van der Waals surface area contributed by atoms with E-state index in [1.165, 1.54) is 0 Å². The number of alkyl halides is 2. The van der Waals surface area contributed by atoms with E-state index in [1.54, 1.807) is 0 Å². The lowest BCUT2D eigenvalue weighted by Gasteiger charge is -2.18. The first-order chi connectivity index (χ1) is 7.74. The molecule has 1 rings (SSSR count). The van der Waals surface area contributed by atoms with Crippen LogP contribution in [0.5, 0.6) is 0 Å². The van der Waals surface area contributed by atoms with Crippen molar-refractivity contribution in [2.45, 2.75) is 32.2 Å². The van der Waals surface area contributed by atoms with E-state index in [-0.39, 0.29) is 6.04 Å². The van der Waals surface area contributed by atoms with E-state index in [0.717, 1.165) is 25.3 Å². The third kappa shape index (κ3) is 4.90. The Morgan fingerprint density at radius 1 is 1.56 bits per heavy atom. The van der Waals surface area contributed by atoms with Crippen molar-refractivity contribution in [3.63, 3.8) is 0 Å². The summed E-state index contributed by atoms with van der Waals surface area (Å²) in [7, 11) is 0. The fourth-order valence-corrected chi connectivity index (χ4v) is 1.64. The molecular weight excluding hydrogens is 216 g/mol. The van der Waals surface area contributed by atoms with Gasteiger partial charge < -0.3 is 14.8 Å². The van der Waals surface area contributed by atoms with Gasteiger partial charge in [0.25, 0.3) is 6.43 Å². The molecular formula is C11H19F2NO2. The molecule has 0 aromatic rings. The van der Waals surface area contributed by atoms with Crippen LogP contribution in [-0.2, 0) is 9.47 Å². The van der Waals surface area contributed by atoms with Gasteiger partial charge in [0, 0.05) is 13.0 Å². The molecule has 0 spiro atoms. The minimum atomic E-state index is -2.39. The maximum absolute atomic E-state index is 11.8. The average Bonchev–Trinajstić information content (AvgIpc) is 2.75. The summed E-state index contributed by atoms with van der Waals surface area (Å²) in [5.74, 6) is 0.919. The topological polar surface area (TPSA) is 30.5 Å². The first kappa shape index (κ1) is 13.4. The molecule has 0 aromatic heterocycles. The zero-order valence-electron chi connectivity index (χ0n) is 9.55. The third-order valence-corrected chi connectivity index (χ3v) is 2.32. The lowest BCUT2D eigenvalue weighted by molar-refractivity contribution is 0.0140. The molecule has 1 N–H and O–H groups in total. The number of hydrogen-bond donors (Lipinski definition) is 1. The summed E-state index contributed by atoms with van der Waals surface area (Å²) >= 11 is 0. The average molecular weight is 235 g/mol. The largest absolute Gasteiger partial charge is 0.496 e. The fraction of sp³-hybridized carbons (Fsp3) is 0.818. The Kier molecular flexibility index (Phi) is 6.33. The minimum absolute atomic E-state index is 0.0881. The second-order valence-corrected chi connectivity index (χ2v) is 3.61. The molecule has 1 aliphatic heterocycles. The van der Waals surface area contributed by atoms with Crippen LogP contribution >= 0.6 is 0 Å². The van der Waals surface area contributed by atoms with E-state index in [2.05, 4.69) is 5.32 Å². The number of nitrogens with one attached hydrogen (secondary N) is 1. The van der Waals surface area contributed by atoms with Gasteiger partial charge in [-0.05, 0) is 19.0 Å². The number of rotatable bonds is 8. The van der Waals surface area contributed by atoms with Crippen LogP contribution in [0.4, 0.5) is 8.78 Å². The Balaban J connectivity index is 2.22. The number of halogens is 2. The summed E-state index contributed by atoms with van der Waals surface area (Å²) in [5, 5.41) is 3.25. The van der Waals surface area contributed by atoms with Gasteiger partial charge in [-0.15, -0.1) is 0 Å². The molecule has 3 nitrogen and oxygen atoms in total. The molecule has 0 aromatic carbocycles. The maximum Gasteiger partial charge on any atom is 0.261 e. The molecule has 16 heavy (non-hydrogen) atoms. The van der Waals surface area contributed by atoms with E-state index in [1.807, 2.05) is 13.0 Å². The third-order valence-electron chi connectivity index (χ3n) is 2.32. The van der Waals surface area contributed by atoms with Crippen LogP contribution in [-0.4, -0.2) is 38.8 Å². The van der Waals surface area contributed by atoms with Gasteiger partial charge in [-0.1, -0.05) is 6.92 Å². The van der Waals surface area contributed by atoms with E-state index >= 15 is 0 Å². The molecule has 1 aliphatic rings. The predicted octanol–water partition coefficient (Wildman–Crippen LogP) is 1.94. The van der Waals surface area contributed by atoms with Crippen molar-refractivity contribution in [2.75, 3.05) is 26.4 Å². The highest BCUT2D eigenvalue weighted by Crippen LogP contribution is 2.15. The molecule has 1 atom stereocenters. The van der Waals surface area contributed by atoms with Crippen LogP contribution in [0, 0.1) is 0 Å². The van der Waals surface area contributed by atoms with Gasteiger partial charge in [0.05, 0.1) is 12.6 Å². The summed E-state index contributed by atoms with van der Waals surface area (Å²) < 4.78 is 34.0. The van der Waals surface area contributed by atoms with Crippen LogP contribution in [0.15, 0.2) is 11.8 Å². The predicted molar refractivity (Wildman–Crippen MR) is 57.6 cm³/mol. The van der Waals surface area contributed by atoms with Crippen molar-refractivity contribution in [1.82, 2.24) is 5.32 Å². The summed E-state index contributed by atoms with van der Waals surface area (Å²) in [4.78, 5) is 0. The van der Waals surface area contributed by atoms with Gasteiger partial charge >= 0.3 is 0 Å². The Labute approximate surface area is 94.8 Å². The van der Waals surface area contributed by atoms with Crippen LogP contribution in [0.25, 0.3) is 0 Å². The molecule has 0 radical (unpaired) electrons. The molecule has 1 heterocycles. The van der Waals surface area contributed by atoms with Crippen LogP contribution in [0.2, 0.25) is 0 Å². The van der Waals surface area contributed by atoms with Crippen molar-refractivity contribution in [2.24, 2.45) is 0 Å². The molecule has 1 unspecified atom stereocenters. The van der Waals surface area contributed by atoms with Gasteiger partial charge in [-0.2, -0.15) is 0 Å². The van der Waals surface area contributed by atoms with Crippen LogP contribution < -0.4 is 5.32 Å². The molecule has 0 aliphatic carbocycles. The summed E-state index contributed by atoms with van der Waals surface area (Å²) in [5.41, 5.74) is 0. The molecule has 5 heteroatoms. The zero-order chi connectivity index (χ0) is 11.8. The van der Waals surface area contributed by atoms with E-state index in [4.69, 9.17) is 9.47 Å². The number of ether oxygens (including phenoxy) is 2. The number of likely N-dealkylation sites (N-methyl/N-ethyl adjacent to an activating group) is 1. The van der Waals surface area contributed by atoms with Gasteiger partial charge in [-0.25, -0.2) is 8.78 Å². The number of hydrogen-bond acceptors (Lipinski definition) is 3. The fourth-order valence-electron chi connectivity index (χ4n) is 1.64. The SMILES string of the molecule is CCNC(CCOCC(F)F)C1=CCCO1. The maximum atomic E-state index is 11.8. The van der Waals surface area contributed by atoms with Crippen molar-refractivity contribution in [3.8, 4) is 0 Å². The van der Waals surface area contributed by atoms with Gasteiger partial charge in [0.1, 0.15) is 12.4 Å². The first-order valence-electron chi connectivity index (χ1n) is 5.66. The highest BCUT2D eigenvalue weighted by atomic mass is 19.3. The summed E-state index contributed by atoms with van der Waals surface area (Å²) in [6.45, 7) is 3.37. The van der Waals surface area contributed by atoms with Crippen LogP contribution in [0.1, 0.15) is 19.8 Å². The molecule has 0 amide bonds. The van der Waals surface area contributed by atoms with Crippen molar-refractivity contribution < 1.29 is 18.3 Å². The lowest BCUT2D eigenvalue weighted by atomic mass is 10.1. The molecule has 0 saturated carbocycles. The second-order valence-electron chi connectivity index (χ2n) is 3.61. The van der Waals surface area contributed by atoms with E-state index in [0.29, 0.717) is 13.0 Å². The van der Waals surface area contributed by atoms with Crippen molar-refractivity contribution >= 4 is 0 Å². The normalized spacial score (nSPS) is 17.4. The highest BCUT2D eigenvalue weighted by molar-refractivity contribution is 5.06. The van der Waals surface area contributed by atoms with E-state index < -0.39 is 13.0 Å². The van der Waals surface area contributed by atoms with E-state index in [9.17, 15) is 8.78 Å². The lowest BCUT2D eigenvalue weighted by Crippen LogP contribution is -2.32. The standard InChI is InChI=1S/C11H19F2NO2/c1-2-14-9(10-4-3-6-16-10)5-7-15-8-11(12)13/h4,9,11,14H,2-3,5-8H2,1H3. The minimum Gasteiger partial charge on any atom is -0.496 e. The van der Waals surface area contributed by atoms with Crippen LogP contribution in [0.3, 0.4) is 0 Å². The van der Waals surface area contributed by atoms with Gasteiger partial charge in [-0.3, -0.25) is 0 Å². The molecule has 0 saturated heterocycles. The Morgan fingerprint density at radius 3 is 2.94 bits per heavy atom. The van der Waals surface area contributed by atoms with Gasteiger partial charge in [0.15, 0.2) is 0 Å². The monoisotopic (exact) mass is 235 g/mol. The van der Waals surface area contributed by atoms with Crippen molar-refractivity contribution in [1.29, 1.82) is 0 Å². The first-order valence-corrected chi connectivity index (χ1v) is 5.66. The second kappa shape index (κ2) is 7.57.